The summed E-state index contributed by atoms with van der Waals surface area (Å²) in [5, 5.41) is 7.90. The van der Waals surface area contributed by atoms with Gasteiger partial charge in [-0.15, -0.1) is 0 Å². The SMILES string of the molecule is CC(NC(C)c1ccccc1P(c1ccccc1)c1ccccc1)c1ccccn1. The molecular weight excluding hydrogens is 383 g/mol. The maximum atomic E-state index is 4.52. The fourth-order valence-corrected chi connectivity index (χ4v) is 6.38. The van der Waals surface area contributed by atoms with Gasteiger partial charge in [-0.25, -0.2) is 0 Å². The van der Waals surface area contributed by atoms with E-state index in [-0.39, 0.29) is 12.1 Å². The molecule has 0 radical (unpaired) electrons. The molecule has 0 spiro atoms. The van der Waals surface area contributed by atoms with Crippen LogP contribution >= 0.6 is 7.92 Å². The third-order valence-electron chi connectivity index (χ3n) is 5.30. The molecule has 3 heteroatoms. The maximum Gasteiger partial charge on any atom is 0.0570 e. The Hall–Kier alpha value is -2.80. The minimum atomic E-state index is -0.634. The van der Waals surface area contributed by atoms with E-state index >= 15 is 0 Å². The molecule has 0 fully saturated rings. The van der Waals surface area contributed by atoms with Crippen molar-refractivity contribution in [3.8, 4) is 0 Å². The number of hydrogen-bond acceptors (Lipinski definition) is 2. The predicted molar refractivity (Wildman–Crippen MR) is 129 cm³/mol. The van der Waals surface area contributed by atoms with Gasteiger partial charge in [-0.1, -0.05) is 91.0 Å². The quantitative estimate of drug-likeness (QED) is 0.421. The molecule has 0 aliphatic rings. The Balaban J connectivity index is 1.71. The molecule has 150 valence electrons. The number of nitrogens with zero attached hydrogens (tertiary/aromatic N) is 1. The average Bonchev–Trinajstić information content (AvgIpc) is 2.81. The van der Waals surface area contributed by atoms with Gasteiger partial charge < -0.3 is 5.32 Å². The molecule has 0 bridgehead atoms. The second-order valence-electron chi connectivity index (χ2n) is 7.43. The van der Waals surface area contributed by atoms with E-state index in [9.17, 15) is 0 Å². The number of hydrogen-bond donors (Lipinski definition) is 1. The molecule has 3 aromatic carbocycles. The zero-order valence-corrected chi connectivity index (χ0v) is 18.3. The molecule has 1 heterocycles. The summed E-state index contributed by atoms with van der Waals surface area (Å²) in [6.45, 7) is 4.43. The van der Waals surface area contributed by atoms with Crippen LogP contribution in [0.15, 0.2) is 109 Å². The lowest BCUT2D eigenvalue weighted by Gasteiger charge is -2.27. The third kappa shape index (κ3) is 4.67. The van der Waals surface area contributed by atoms with Crippen LogP contribution in [0.25, 0.3) is 0 Å². The molecule has 0 amide bonds. The van der Waals surface area contributed by atoms with Gasteiger partial charge in [0.05, 0.1) is 5.69 Å². The summed E-state index contributed by atoms with van der Waals surface area (Å²) in [6, 6.07) is 37.1. The normalized spacial score (nSPS) is 13.2. The Bertz CT molecular complexity index is 1010. The summed E-state index contributed by atoms with van der Waals surface area (Å²) in [6.07, 6.45) is 1.86. The number of aromatic nitrogens is 1. The highest BCUT2D eigenvalue weighted by Crippen LogP contribution is 2.35. The summed E-state index contributed by atoms with van der Waals surface area (Å²) >= 11 is 0. The van der Waals surface area contributed by atoms with E-state index in [1.165, 1.54) is 21.5 Å². The van der Waals surface area contributed by atoms with E-state index in [1.54, 1.807) is 0 Å². The zero-order valence-electron chi connectivity index (χ0n) is 17.4. The van der Waals surface area contributed by atoms with Gasteiger partial charge in [0, 0.05) is 18.3 Å². The van der Waals surface area contributed by atoms with Gasteiger partial charge in [0.15, 0.2) is 0 Å². The lowest BCUT2D eigenvalue weighted by atomic mass is 10.1. The molecule has 2 atom stereocenters. The first-order chi connectivity index (χ1) is 14.7. The molecule has 1 N–H and O–H groups in total. The summed E-state index contributed by atoms with van der Waals surface area (Å²) in [4.78, 5) is 4.52. The highest BCUT2D eigenvalue weighted by atomic mass is 31.1. The fourth-order valence-electron chi connectivity index (χ4n) is 3.82. The molecule has 30 heavy (non-hydrogen) atoms. The van der Waals surface area contributed by atoms with E-state index in [4.69, 9.17) is 0 Å². The molecule has 4 aromatic rings. The van der Waals surface area contributed by atoms with Gasteiger partial charge in [-0.2, -0.15) is 0 Å². The standard InChI is InChI=1S/C27H27N2P/c1-21(29-22(2)26-18-11-12-20-28-26)25-17-9-10-19-27(25)30(23-13-5-3-6-14-23)24-15-7-4-8-16-24/h3-22,29H,1-2H3. The van der Waals surface area contributed by atoms with Crippen LogP contribution in [0.2, 0.25) is 0 Å². The van der Waals surface area contributed by atoms with Crippen molar-refractivity contribution in [3.05, 3.63) is 121 Å². The van der Waals surface area contributed by atoms with Crippen LogP contribution in [0.4, 0.5) is 0 Å². The molecule has 0 saturated carbocycles. The van der Waals surface area contributed by atoms with Crippen LogP contribution < -0.4 is 21.2 Å². The molecule has 0 aliphatic carbocycles. The highest BCUT2D eigenvalue weighted by molar-refractivity contribution is 7.79. The number of nitrogens with one attached hydrogen (secondary N) is 1. The van der Waals surface area contributed by atoms with Crippen molar-refractivity contribution < 1.29 is 0 Å². The Morgan fingerprint density at radius 2 is 1.20 bits per heavy atom. The zero-order chi connectivity index (χ0) is 20.8. The van der Waals surface area contributed by atoms with Gasteiger partial charge in [0.1, 0.15) is 0 Å². The Morgan fingerprint density at radius 1 is 0.633 bits per heavy atom. The smallest absolute Gasteiger partial charge is 0.0570 e. The lowest BCUT2D eigenvalue weighted by Crippen LogP contribution is -2.29. The third-order valence-corrected chi connectivity index (χ3v) is 7.82. The highest BCUT2D eigenvalue weighted by Gasteiger charge is 2.22. The number of benzene rings is 3. The van der Waals surface area contributed by atoms with Crippen molar-refractivity contribution in [2.45, 2.75) is 25.9 Å². The van der Waals surface area contributed by atoms with Crippen LogP contribution in [0, 0.1) is 0 Å². The van der Waals surface area contributed by atoms with Gasteiger partial charge in [0.2, 0.25) is 0 Å². The Morgan fingerprint density at radius 3 is 1.80 bits per heavy atom. The largest absolute Gasteiger partial charge is 0.302 e. The van der Waals surface area contributed by atoms with E-state index < -0.39 is 7.92 Å². The summed E-state index contributed by atoms with van der Waals surface area (Å²) < 4.78 is 0. The van der Waals surface area contributed by atoms with E-state index in [0.29, 0.717) is 0 Å². The van der Waals surface area contributed by atoms with Crippen molar-refractivity contribution in [3.63, 3.8) is 0 Å². The summed E-state index contributed by atoms with van der Waals surface area (Å²) in [7, 11) is -0.634. The van der Waals surface area contributed by atoms with Crippen molar-refractivity contribution in [1.29, 1.82) is 0 Å². The van der Waals surface area contributed by atoms with Crippen LogP contribution in [0.1, 0.15) is 37.2 Å². The van der Waals surface area contributed by atoms with Gasteiger partial charge in [-0.3, -0.25) is 4.98 Å². The minimum absolute atomic E-state index is 0.175. The van der Waals surface area contributed by atoms with Gasteiger partial charge in [0.25, 0.3) is 0 Å². The first-order valence-electron chi connectivity index (χ1n) is 10.4. The second kappa shape index (κ2) is 9.80. The topological polar surface area (TPSA) is 24.9 Å². The van der Waals surface area contributed by atoms with Gasteiger partial charge >= 0.3 is 0 Å². The average molecular weight is 411 g/mol. The summed E-state index contributed by atoms with van der Waals surface area (Å²) in [5.74, 6) is 0. The van der Waals surface area contributed by atoms with E-state index in [2.05, 4.69) is 115 Å². The second-order valence-corrected chi connectivity index (χ2v) is 9.62. The van der Waals surface area contributed by atoms with Crippen LogP contribution in [0.5, 0.6) is 0 Å². The van der Waals surface area contributed by atoms with Crippen molar-refractivity contribution in [1.82, 2.24) is 10.3 Å². The Labute approximate surface area is 180 Å². The van der Waals surface area contributed by atoms with Gasteiger partial charge in [-0.05, 0) is 55.4 Å². The molecule has 2 nitrogen and oxygen atoms in total. The van der Waals surface area contributed by atoms with Crippen LogP contribution in [-0.2, 0) is 0 Å². The molecular formula is C27H27N2P. The molecule has 1 aromatic heterocycles. The molecule has 0 aliphatic heterocycles. The first-order valence-corrected chi connectivity index (χ1v) is 11.7. The maximum absolute atomic E-state index is 4.52. The van der Waals surface area contributed by atoms with E-state index in [0.717, 1.165) is 5.69 Å². The molecule has 4 rings (SSSR count). The molecule has 2 unspecified atom stereocenters. The minimum Gasteiger partial charge on any atom is -0.302 e. The summed E-state index contributed by atoms with van der Waals surface area (Å²) in [5.41, 5.74) is 2.41. The number of rotatable bonds is 7. The monoisotopic (exact) mass is 410 g/mol. The molecule has 0 saturated heterocycles. The lowest BCUT2D eigenvalue weighted by molar-refractivity contribution is 0.488. The van der Waals surface area contributed by atoms with Crippen molar-refractivity contribution in [2.75, 3.05) is 0 Å². The van der Waals surface area contributed by atoms with Crippen molar-refractivity contribution >= 4 is 23.8 Å². The van der Waals surface area contributed by atoms with Crippen molar-refractivity contribution in [2.24, 2.45) is 0 Å². The fraction of sp³-hybridized carbons (Fsp3) is 0.148. The predicted octanol–water partition coefficient (Wildman–Crippen LogP) is 5.25. The number of pyridine rings is 1. The van der Waals surface area contributed by atoms with E-state index in [1.807, 2.05) is 18.3 Å². The Kier molecular flexibility index (Phi) is 6.69. The van der Waals surface area contributed by atoms with Crippen LogP contribution in [0.3, 0.4) is 0 Å². The first kappa shape index (κ1) is 20.5. The van der Waals surface area contributed by atoms with Crippen LogP contribution in [-0.4, -0.2) is 4.98 Å².